The Hall–Kier alpha value is -0.650. The summed E-state index contributed by atoms with van der Waals surface area (Å²) in [6, 6.07) is -0.558. The molecule has 2 rings (SSSR count). The quantitative estimate of drug-likeness (QED) is 0.753. The molecule has 2 aliphatic heterocycles. The Bertz CT molecular complexity index is 305. The Morgan fingerprint density at radius 2 is 2.24 bits per heavy atom. The highest BCUT2D eigenvalue weighted by Crippen LogP contribution is 2.31. The summed E-state index contributed by atoms with van der Waals surface area (Å²) in [5.74, 6) is -0.848. The van der Waals surface area contributed by atoms with E-state index in [2.05, 4.69) is 13.8 Å². The van der Waals surface area contributed by atoms with E-state index < -0.39 is 18.1 Å². The van der Waals surface area contributed by atoms with Crippen molar-refractivity contribution in [2.75, 3.05) is 13.1 Å². The van der Waals surface area contributed by atoms with Crippen LogP contribution in [-0.2, 0) is 9.53 Å². The lowest BCUT2D eigenvalue weighted by Gasteiger charge is -2.26. The molecule has 0 aromatic carbocycles. The van der Waals surface area contributed by atoms with Gasteiger partial charge in [-0.1, -0.05) is 0 Å². The molecule has 0 spiro atoms. The van der Waals surface area contributed by atoms with Crippen molar-refractivity contribution < 1.29 is 19.7 Å². The summed E-state index contributed by atoms with van der Waals surface area (Å²) < 4.78 is 5.86. The van der Waals surface area contributed by atoms with Crippen LogP contribution in [0.5, 0.6) is 0 Å². The van der Waals surface area contributed by atoms with E-state index in [1.807, 2.05) is 4.90 Å². The highest BCUT2D eigenvalue weighted by molar-refractivity contribution is 5.74. The molecule has 2 fully saturated rings. The van der Waals surface area contributed by atoms with E-state index in [1.54, 1.807) is 0 Å². The van der Waals surface area contributed by atoms with Gasteiger partial charge in [-0.25, -0.2) is 0 Å². The lowest BCUT2D eigenvalue weighted by atomic mass is 10.1. The van der Waals surface area contributed by atoms with Crippen LogP contribution in [0.1, 0.15) is 33.1 Å². The number of rotatable bonds is 3. The molecule has 2 N–H and O–H groups in total. The fourth-order valence-electron chi connectivity index (χ4n) is 2.81. The van der Waals surface area contributed by atoms with Gasteiger partial charge in [-0.3, -0.25) is 9.69 Å². The number of carbonyl (C=O) groups is 1. The molecular formula is C12H21NO4. The maximum absolute atomic E-state index is 11.1. The number of likely N-dealkylation sites (tertiary alicyclic amines) is 1. The number of aliphatic carboxylic acids is 1. The Balaban J connectivity index is 1.92. The third-order valence-electron chi connectivity index (χ3n) is 3.66. The van der Waals surface area contributed by atoms with Crippen LogP contribution in [0.15, 0.2) is 0 Å². The number of nitrogens with zero attached hydrogens (tertiary/aromatic N) is 1. The van der Waals surface area contributed by atoms with Crippen LogP contribution in [0.4, 0.5) is 0 Å². The fraction of sp³-hybridized carbons (Fsp3) is 0.917. The molecule has 2 aliphatic rings. The first-order valence-corrected chi connectivity index (χ1v) is 6.20. The monoisotopic (exact) mass is 243 g/mol. The van der Waals surface area contributed by atoms with E-state index in [4.69, 9.17) is 9.84 Å². The number of hydrogen-bond donors (Lipinski definition) is 2. The third kappa shape index (κ3) is 2.97. The minimum atomic E-state index is -0.848. The largest absolute Gasteiger partial charge is 0.480 e. The first-order valence-electron chi connectivity index (χ1n) is 6.20. The van der Waals surface area contributed by atoms with E-state index in [0.717, 1.165) is 12.8 Å². The van der Waals surface area contributed by atoms with Gasteiger partial charge in [-0.15, -0.1) is 0 Å². The van der Waals surface area contributed by atoms with Gasteiger partial charge in [0.05, 0.1) is 17.8 Å². The Labute approximate surface area is 101 Å². The van der Waals surface area contributed by atoms with Crippen LogP contribution in [0.2, 0.25) is 0 Å². The van der Waals surface area contributed by atoms with E-state index in [9.17, 15) is 9.90 Å². The van der Waals surface area contributed by atoms with Gasteiger partial charge < -0.3 is 14.9 Å². The maximum Gasteiger partial charge on any atom is 0.321 e. The van der Waals surface area contributed by atoms with Crippen molar-refractivity contribution in [1.82, 2.24) is 4.90 Å². The molecular weight excluding hydrogens is 222 g/mol. The molecule has 5 heteroatoms. The predicted octanol–water partition coefficient (Wildman–Crippen LogP) is 0.464. The van der Waals surface area contributed by atoms with Crippen LogP contribution in [0.25, 0.3) is 0 Å². The van der Waals surface area contributed by atoms with Gasteiger partial charge >= 0.3 is 5.97 Å². The second-order valence-corrected chi connectivity index (χ2v) is 5.74. The molecule has 2 saturated heterocycles. The van der Waals surface area contributed by atoms with Crippen molar-refractivity contribution in [2.24, 2.45) is 0 Å². The molecule has 0 aromatic heterocycles. The molecule has 0 aliphatic carbocycles. The second-order valence-electron chi connectivity index (χ2n) is 5.74. The molecule has 2 heterocycles. The van der Waals surface area contributed by atoms with Crippen molar-refractivity contribution in [1.29, 1.82) is 0 Å². The summed E-state index contributed by atoms with van der Waals surface area (Å²) in [6.45, 7) is 5.16. The highest BCUT2D eigenvalue weighted by Gasteiger charge is 2.39. The number of carboxylic acid groups (broad SMARTS) is 1. The third-order valence-corrected chi connectivity index (χ3v) is 3.66. The zero-order valence-electron chi connectivity index (χ0n) is 10.4. The van der Waals surface area contributed by atoms with Crippen molar-refractivity contribution in [3.63, 3.8) is 0 Å². The second kappa shape index (κ2) is 4.55. The summed E-state index contributed by atoms with van der Waals surface area (Å²) in [4.78, 5) is 12.9. The van der Waals surface area contributed by atoms with Crippen LogP contribution >= 0.6 is 0 Å². The minimum absolute atomic E-state index is 0.0946. The smallest absolute Gasteiger partial charge is 0.321 e. The molecule has 0 saturated carbocycles. The first-order chi connectivity index (χ1) is 7.87. The molecule has 0 amide bonds. The van der Waals surface area contributed by atoms with Crippen LogP contribution < -0.4 is 0 Å². The van der Waals surface area contributed by atoms with Gasteiger partial charge in [0.15, 0.2) is 0 Å². The number of ether oxygens (including phenoxy) is 1. The predicted molar refractivity (Wildman–Crippen MR) is 61.8 cm³/mol. The number of aliphatic hydroxyl groups excluding tert-OH is 1. The summed E-state index contributed by atoms with van der Waals surface area (Å²) in [7, 11) is 0. The number of aliphatic hydroxyl groups is 1. The highest BCUT2D eigenvalue weighted by atomic mass is 16.5. The molecule has 98 valence electrons. The van der Waals surface area contributed by atoms with Gasteiger partial charge in [-0.05, 0) is 26.7 Å². The van der Waals surface area contributed by atoms with E-state index in [-0.39, 0.29) is 11.7 Å². The van der Waals surface area contributed by atoms with Crippen LogP contribution in [0.3, 0.4) is 0 Å². The van der Waals surface area contributed by atoms with Gasteiger partial charge in [0.1, 0.15) is 6.04 Å². The van der Waals surface area contributed by atoms with Crippen molar-refractivity contribution >= 4 is 5.97 Å². The molecule has 3 atom stereocenters. The van der Waals surface area contributed by atoms with E-state index in [1.165, 1.54) is 0 Å². The van der Waals surface area contributed by atoms with Gasteiger partial charge in [0, 0.05) is 19.5 Å². The van der Waals surface area contributed by atoms with Crippen LogP contribution in [0, 0.1) is 0 Å². The maximum atomic E-state index is 11.1. The molecule has 5 nitrogen and oxygen atoms in total. The van der Waals surface area contributed by atoms with E-state index in [0.29, 0.717) is 19.5 Å². The molecule has 0 bridgehead atoms. The van der Waals surface area contributed by atoms with Gasteiger partial charge in [0.2, 0.25) is 0 Å². The summed E-state index contributed by atoms with van der Waals surface area (Å²) in [5, 5.41) is 18.6. The normalized spacial score (nSPS) is 37.5. The molecule has 17 heavy (non-hydrogen) atoms. The summed E-state index contributed by atoms with van der Waals surface area (Å²) >= 11 is 0. The lowest BCUT2D eigenvalue weighted by molar-refractivity contribution is -0.142. The molecule has 0 aromatic rings. The number of hydrogen-bond acceptors (Lipinski definition) is 4. The van der Waals surface area contributed by atoms with Gasteiger partial charge in [-0.2, -0.15) is 0 Å². The summed E-state index contributed by atoms with van der Waals surface area (Å²) in [5.41, 5.74) is -0.0955. The number of β-amino-alcohol motifs (C(OH)–C–C–N with tert-alkyl or cyclic N) is 1. The Morgan fingerprint density at radius 1 is 1.53 bits per heavy atom. The standard InChI is InChI=1S/C12H21NO4/c1-12(2)4-3-9(17-12)7-13-6-8(14)5-10(13)11(15)16/h8-10,14H,3-7H2,1-2H3,(H,15,16). The molecule has 0 radical (unpaired) electrons. The average Bonchev–Trinajstić information content (AvgIpc) is 2.70. The van der Waals surface area contributed by atoms with E-state index >= 15 is 0 Å². The van der Waals surface area contributed by atoms with Crippen LogP contribution in [-0.4, -0.2) is 58.0 Å². The van der Waals surface area contributed by atoms with Gasteiger partial charge in [0.25, 0.3) is 0 Å². The topological polar surface area (TPSA) is 70.0 Å². The Kier molecular flexibility index (Phi) is 3.43. The first kappa shape index (κ1) is 12.8. The molecule has 3 unspecified atom stereocenters. The minimum Gasteiger partial charge on any atom is -0.480 e. The van der Waals surface area contributed by atoms with Crippen molar-refractivity contribution in [2.45, 2.75) is 57.0 Å². The fourth-order valence-corrected chi connectivity index (χ4v) is 2.81. The lowest BCUT2D eigenvalue weighted by Crippen LogP contribution is -2.41. The zero-order valence-corrected chi connectivity index (χ0v) is 10.4. The Morgan fingerprint density at radius 3 is 2.76 bits per heavy atom. The SMILES string of the molecule is CC1(C)CCC(CN2CC(O)CC2C(=O)O)O1. The summed E-state index contributed by atoms with van der Waals surface area (Å²) in [6.07, 6.45) is 1.87. The van der Waals surface area contributed by atoms with Crippen molar-refractivity contribution in [3.8, 4) is 0 Å². The van der Waals surface area contributed by atoms with Crippen molar-refractivity contribution in [3.05, 3.63) is 0 Å². The zero-order chi connectivity index (χ0) is 12.6. The number of carboxylic acids is 1. The average molecular weight is 243 g/mol.